The third-order valence-electron chi connectivity index (χ3n) is 3.06. The molecule has 110 valence electrons. The van der Waals surface area contributed by atoms with Gasteiger partial charge in [-0.25, -0.2) is 4.79 Å². The van der Waals surface area contributed by atoms with Gasteiger partial charge in [-0.15, -0.1) is 0 Å². The van der Waals surface area contributed by atoms with Crippen molar-refractivity contribution in [3.63, 3.8) is 0 Å². The third-order valence-corrected chi connectivity index (χ3v) is 3.06. The second-order valence-corrected chi connectivity index (χ2v) is 4.71. The third kappa shape index (κ3) is 3.95. The predicted molar refractivity (Wildman–Crippen MR) is 76.7 cm³/mol. The lowest BCUT2D eigenvalue weighted by Crippen LogP contribution is -2.31. The van der Waals surface area contributed by atoms with E-state index in [0.29, 0.717) is 5.56 Å². The molecule has 1 N–H and O–H groups in total. The van der Waals surface area contributed by atoms with E-state index in [2.05, 4.69) is 5.32 Å². The number of esters is 1. The molecular weight excluding hydrogens is 270 g/mol. The Morgan fingerprint density at radius 2 is 1.95 bits per heavy atom. The van der Waals surface area contributed by atoms with Crippen molar-refractivity contribution in [1.29, 1.82) is 0 Å². The van der Waals surface area contributed by atoms with Crippen LogP contribution in [0, 0.1) is 6.92 Å². The molecule has 0 aliphatic rings. The number of hydrogen-bond acceptors (Lipinski definition) is 4. The van der Waals surface area contributed by atoms with Crippen LogP contribution >= 0.6 is 0 Å². The van der Waals surface area contributed by atoms with Gasteiger partial charge < -0.3 is 14.5 Å². The Morgan fingerprint density at radius 1 is 1.24 bits per heavy atom. The van der Waals surface area contributed by atoms with E-state index in [-0.39, 0.29) is 24.3 Å². The van der Waals surface area contributed by atoms with Crippen molar-refractivity contribution in [3.05, 3.63) is 59.5 Å². The summed E-state index contributed by atoms with van der Waals surface area (Å²) in [5.74, 6) is -0.872. The van der Waals surface area contributed by atoms with Gasteiger partial charge in [-0.3, -0.25) is 4.79 Å². The summed E-state index contributed by atoms with van der Waals surface area (Å²) >= 11 is 0. The van der Waals surface area contributed by atoms with E-state index in [1.54, 1.807) is 13.0 Å². The molecule has 5 nitrogen and oxygen atoms in total. The Kier molecular flexibility index (Phi) is 4.77. The van der Waals surface area contributed by atoms with Crippen LogP contribution in [0.4, 0.5) is 0 Å². The average Bonchev–Trinajstić information content (AvgIpc) is 2.92. The Hall–Kier alpha value is -2.56. The second kappa shape index (κ2) is 6.74. The first kappa shape index (κ1) is 14.8. The van der Waals surface area contributed by atoms with Crippen LogP contribution < -0.4 is 5.32 Å². The SMILES string of the molecule is Cc1ccoc1C(=O)OCC(=O)NC(C)c1ccccc1. The molecule has 1 amide bonds. The number of furan rings is 1. The minimum absolute atomic E-state index is 0.124. The van der Waals surface area contributed by atoms with E-state index in [0.717, 1.165) is 5.56 Å². The molecule has 0 aliphatic heterocycles. The fourth-order valence-corrected chi connectivity index (χ4v) is 1.89. The van der Waals surface area contributed by atoms with Crippen LogP contribution in [-0.4, -0.2) is 18.5 Å². The standard InChI is InChI=1S/C16H17NO4/c1-11-8-9-20-15(11)16(19)21-10-14(18)17-12(2)13-6-4-3-5-7-13/h3-9,12H,10H2,1-2H3,(H,17,18). The normalized spacial score (nSPS) is 11.7. The maximum Gasteiger partial charge on any atom is 0.375 e. The number of carbonyl (C=O) groups excluding carboxylic acids is 2. The zero-order chi connectivity index (χ0) is 15.2. The summed E-state index contributed by atoms with van der Waals surface area (Å²) in [6, 6.07) is 11.1. The van der Waals surface area contributed by atoms with Crippen molar-refractivity contribution in [2.45, 2.75) is 19.9 Å². The van der Waals surface area contributed by atoms with Crippen LogP contribution in [0.2, 0.25) is 0 Å². The maximum atomic E-state index is 11.8. The fourth-order valence-electron chi connectivity index (χ4n) is 1.89. The molecular formula is C16H17NO4. The Bertz CT molecular complexity index is 618. The summed E-state index contributed by atoms with van der Waals surface area (Å²) in [6.07, 6.45) is 1.41. The fraction of sp³-hybridized carbons (Fsp3) is 0.250. The van der Waals surface area contributed by atoms with Gasteiger partial charge >= 0.3 is 5.97 Å². The Morgan fingerprint density at radius 3 is 2.57 bits per heavy atom. The number of amides is 1. The van der Waals surface area contributed by atoms with Gasteiger partial charge in [0, 0.05) is 5.56 Å². The van der Waals surface area contributed by atoms with Crippen LogP contribution in [0.15, 0.2) is 47.1 Å². The van der Waals surface area contributed by atoms with E-state index < -0.39 is 5.97 Å². The molecule has 0 saturated carbocycles. The predicted octanol–water partition coefficient (Wildman–Crippen LogP) is 2.62. The number of hydrogen-bond donors (Lipinski definition) is 1. The van der Waals surface area contributed by atoms with Crippen LogP contribution in [-0.2, 0) is 9.53 Å². The van der Waals surface area contributed by atoms with Gasteiger partial charge in [-0.05, 0) is 25.5 Å². The van der Waals surface area contributed by atoms with Crippen molar-refractivity contribution >= 4 is 11.9 Å². The summed E-state index contributed by atoms with van der Waals surface area (Å²) < 4.78 is 9.92. The highest BCUT2D eigenvalue weighted by molar-refractivity contribution is 5.90. The van der Waals surface area contributed by atoms with Crippen LogP contribution in [0.5, 0.6) is 0 Å². The van der Waals surface area contributed by atoms with E-state index in [4.69, 9.17) is 9.15 Å². The lowest BCUT2D eigenvalue weighted by molar-refractivity contribution is -0.124. The van der Waals surface area contributed by atoms with Crippen LogP contribution in [0.1, 0.15) is 34.6 Å². The Labute approximate surface area is 122 Å². The molecule has 0 fully saturated rings. The summed E-state index contributed by atoms with van der Waals surface area (Å²) in [7, 11) is 0. The molecule has 0 aliphatic carbocycles. The van der Waals surface area contributed by atoms with E-state index in [1.165, 1.54) is 6.26 Å². The molecule has 0 radical (unpaired) electrons. The molecule has 21 heavy (non-hydrogen) atoms. The quantitative estimate of drug-likeness (QED) is 0.858. The molecule has 1 heterocycles. The Balaban J connectivity index is 1.83. The van der Waals surface area contributed by atoms with E-state index in [1.807, 2.05) is 37.3 Å². The van der Waals surface area contributed by atoms with Gasteiger partial charge in [0.1, 0.15) is 0 Å². The molecule has 1 atom stereocenters. The summed E-state index contributed by atoms with van der Waals surface area (Å²) in [4.78, 5) is 23.5. The van der Waals surface area contributed by atoms with Gasteiger partial charge in [0.25, 0.3) is 5.91 Å². The summed E-state index contributed by atoms with van der Waals surface area (Å²) in [6.45, 7) is 3.26. The highest BCUT2D eigenvalue weighted by atomic mass is 16.5. The number of benzene rings is 1. The minimum Gasteiger partial charge on any atom is -0.457 e. The lowest BCUT2D eigenvalue weighted by Gasteiger charge is -2.14. The molecule has 0 spiro atoms. The van der Waals surface area contributed by atoms with Crippen molar-refractivity contribution in [2.24, 2.45) is 0 Å². The number of nitrogens with one attached hydrogen (secondary N) is 1. The lowest BCUT2D eigenvalue weighted by atomic mass is 10.1. The van der Waals surface area contributed by atoms with Gasteiger partial charge in [0.15, 0.2) is 6.61 Å². The summed E-state index contributed by atoms with van der Waals surface area (Å²) in [5.41, 5.74) is 1.66. The monoisotopic (exact) mass is 287 g/mol. The van der Waals surface area contributed by atoms with Gasteiger partial charge in [0.05, 0.1) is 12.3 Å². The van der Waals surface area contributed by atoms with Gasteiger partial charge in [-0.1, -0.05) is 30.3 Å². The van der Waals surface area contributed by atoms with Gasteiger partial charge in [0.2, 0.25) is 5.76 Å². The molecule has 2 rings (SSSR count). The molecule has 1 unspecified atom stereocenters. The zero-order valence-corrected chi connectivity index (χ0v) is 12.0. The molecule has 2 aromatic rings. The van der Waals surface area contributed by atoms with E-state index in [9.17, 15) is 9.59 Å². The molecule has 5 heteroatoms. The maximum absolute atomic E-state index is 11.8. The number of aryl methyl sites for hydroxylation is 1. The summed E-state index contributed by atoms with van der Waals surface area (Å²) in [5, 5.41) is 2.76. The second-order valence-electron chi connectivity index (χ2n) is 4.71. The molecule has 0 saturated heterocycles. The van der Waals surface area contributed by atoms with Crippen molar-refractivity contribution in [3.8, 4) is 0 Å². The number of carbonyl (C=O) groups is 2. The van der Waals surface area contributed by atoms with Crippen molar-refractivity contribution in [1.82, 2.24) is 5.32 Å². The van der Waals surface area contributed by atoms with Crippen LogP contribution in [0.25, 0.3) is 0 Å². The van der Waals surface area contributed by atoms with Crippen molar-refractivity contribution < 1.29 is 18.7 Å². The first-order valence-electron chi connectivity index (χ1n) is 6.63. The topological polar surface area (TPSA) is 68.5 Å². The minimum atomic E-state index is -0.639. The van der Waals surface area contributed by atoms with E-state index >= 15 is 0 Å². The molecule has 0 bridgehead atoms. The van der Waals surface area contributed by atoms with Crippen LogP contribution in [0.3, 0.4) is 0 Å². The molecule has 1 aromatic heterocycles. The zero-order valence-electron chi connectivity index (χ0n) is 12.0. The highest BCUT2D eigenvalue weighted by Crippen LogP contribution is 2.12. The smallest absolute Gasteiger partial charge is 0.375 e. The number of rotatable bonds is 5. The first-order chi connectivity index (χ1) is 10.1. The van der Waals surface area contributed by atoms with Crippen molar-refractivity contribution in [2.75, 3.05) is 6.61 Å². The first-order valence-corrected chi connectivity index (χ1v) is 6.63. The largest absolute Gasteiger partial charge is 0.457 e. The average molecular weight is 287 g/mol. The highest BCUT2D eigenvalue weighted by Gasteiger charge is 2.16. The number of ether oxygens (including phenoxy) is 1. The molecule has 1 aromatic carbocycles. The van der Waals surface area contributed by atoms with Gasteiger partial charge in [-0.2, -0.15) is 0 Å².